The summed E-state index contributed by atoms with van der Waals surface area (Å²) < 4.78 is 1.88. The monoisotopic (exact) mass is 222 g/mol. The van der Waals surface area contributed by atoms with E-state index in [4.69, 9.17) is 5.73 Å². The number of nitrogens with two attached hydrogens (primary N) is 1. The number of aryl methyl sites for hydroxylation is 2. The molecule has 0 bridgehead atoms. The van der Waals surface area contributed by atoms with E-state index in [0.717, 1.165) is 18.8 Å². The second-order valence-electron chi connectivity index (χ2n) is 4.83. The molecule has 0 amide bonds. The lowest BCUT2D eigenvalue weighted by Gasteiger charge is -2.19. The summed E-state index contributed by atoms with van der Waals surface area (Å²) in [4.78, 5) is 0. The van der Waals surface area contributed by atoms with E-state index in [0.29, 0.717) is 12.0 Å². The molecule has 1 saturated carbocycles. The topological polar surface area (TPSA) is 55.9 Å². The summed E-state index contributed by atoms with van der Waals surface area (Å²) in [5.41, 5.74) is 8.19. The van der Waals surface area contributed by atoms with Crippen LogP contribution in [0.25, 0.3) is 0 Å². The molecule has 1 aromatic rings. The maximum Gasteiger partial charge on any atom is 0.0638 e. The number of nitrogens with zero attached hydrogens (tertiary/aromatic N) is 2. The fraction of sp³-hybridized carbons (Fsp3) is 0.750. The van der Waals surface area contributed by atoms with Crippen LogP contribution in [0.5, 0.6) is 0 Å². The number of rotatable bonds is 4. The van der Waals surface area contributed by atoms with Gasteiger partial charge in [-0.25, -0.2) is 0 Å². The lowest BCUT2D eigenvalue weighted by Crippen LogP contribution is -2.35. The van der Waals surface area contributed by atoms with Gasteiger partial charge in [-0.3, -0.25) is 4.68 Å². The standard InChI is InChI=1S/C12H22N4/c1-9-11(8-16(2)15-9)7-14-12-5-3-4-10(12)6-13/h8,10,12,14H,3-7,13H2,1-2H3. The number of nitrogens with one attached hydrogen (secondary N) is 1. The minimum atomic E-state index is 0.601. The Morgan fingerprint density at radius 3 is 3.00 bits per heavy atom. The molecule has 0 aliphatic heterocycles. The van der Waals surface area contributed by atoms with Crippen LogP contribution in [-0.2, 0) is 13.6 Å². The van der Waals surface area contributed by atoms with Gasteiger partial charge in [-0.1, -0.05) is 6.42 Å². The molecule has 2 atom stereocenters. The van der Waals surface area contributed by atoms with E-state index in [-0.39, 0.29) is 0 Å². The van der Waals surface area contributed by atoms with Crippen LogP contribution in [0, 0.1) is 12.8 Å². The SMILES string of the molecule is Cc1nn(C)cc1CNC1CCCC1CN. The first kappa shape index (κ1) is 11.6. The van der Waals surface area contributed by atoms with E-state index in [1.807, 2.05) is 11.7 Å². The Kier molecular flexibility index (Phi) is 3.61. The number of hydrogen-bond donors (Lipinski definition) is 2. The molecule has 1 aliphatic carbocycles. The predicted octanol–water partition coefficient (Wildman–Crippen LogP) is 0.946. The van der Waals surface area contributed by atoms with Gasteiger partial charge in [0.1, 0.15) is 0 Å². The van der Waals surface area contributed by atoms with Gasteiger partial charge in [-0.15, -0.1) is 0 Å². The Morgan fingerprint density at radius 1 is 1.56 bits per heavy atom. The molecule has 1 heterocycles. The average Bonchev–Trinajstić information content (AvgIpc) is 2.81. The normalized spacial score (nSPS) is 25.2. The fourth-order valence-corrected chi connectivity index (χ4v) is 2.65. The van der Waals surface area contributed by atoms with Crippen LogP contribution in [0.15, 0.2) is 6.20 Å². The largest absolute Gasteiger partial charge is 0.330 e. The molecule has 0 saturated heterocycles. The summed E-state index contributed by atoms with van der Waals surface area (Å²) in [6, 6.07) is 0.601. The summed E-state index contributed by atoms with van der Waals surface area (Å²) in [6.07, 6.45) is 5.95. The number of aromatic nitrogens is 2. The van der Waals surface area contributed by atoms with Gasteiger partial charge >= 0.3 is 0 Å². The third-order valence-corrected chi connectivity index (χ3v) is 3.63. The van der Waals surface area contributed by atoms with Crippen LogP contribution in [0.3, 0.4) is 0 Å². The van der Waals surface area contributed by atoms with Crippen LogP contribution in [0.1, 0.15) is 30.5 Å². The number of hydrogen-bond acceptors (Lipinski definition) is 3. The molecule has 4 heteroatoms. The van der Waals surface area contributed by atoms with Crippen molar-refractivity contribution in [3.05, 3.63) is 17.5 Å². The maximum atomic E-state index is 5.77. The van der Waals surface area contributed by atoms with Crippen LogP contribution >= 0.6 is 0 Å². The average molecular weight is 222 g/mol. The lowest BCUT2D eigenvalue weighted by molar-refractivity contribution is 0.406. The Hall–Kier alpha value is -0.870. The first-order chi connectivity index (χ1) is 7.70. The quantitative estimate of drug-likeness (QED) is 0.797. The summed E-state index contributed by atoms with van der Waals surface area (Å²) in [6.45, 7) is 3.79. The van der Waals surface area contributed by atoms with Crippen molar-refractivity contribution in [3.63, 3.8) is 0 Å². The highest BCUT2D eigenvalue weighted by atomic mass is 15.3. The van der Waals surface area contributed by atoms with Gasteiger partial charge in [0, 0.05) is 31.4 Å². The molecule has 0 radical (unpaired) electrons. The highest BCUT2D eigenvalue weighted by Crippen LogP contribution is 2.24. The van der Waals surface area contributed by atoms with E-state index in [1.165, 1.54) is 24.8 Å². The molecule has 2 unspecified atom stereocenters. The van der Waals surface area contributed by atoms with Gasteiger partial charge in [-0.2, -0.15) is 5.10 Å². The highest BCUT2D eigenvalue weighted by molar-refractivity contribution is 5.15. The van der Waals surface area contributed by atoms with Gasteiger partial charge in [0.2, 0.25) is 0 Å². The van der Waals surface area contributed by atoms with Gasteiger partial charge < -0.3 is 11.1 Å². The Morgan fingerprint density at radius 2 is 2.38 bits per heavy atom. The Labute approximate surface area is 97.2 Å². The first-order valence-corrected chi connectivity index (χ1v) is 6.13. The van der Waals surface area contributed by atoms with E-state index in [9.17, 15) is 0 Å². The van der Waals surface area contributed by atoms with Crippen LogP contribution in [-0.4, -0.2) is 22.4 Å². The molecule has 1 fully saturated rings. The van der Waals surface area contributed by atoms with Crippen molar-refractivity contribution in [2.45, 2.75) is 38.8 Å². The maximum absolute atomic E-state index is 5.77. The van der Waals surface area contributed by atoms with E-state index < -0.39 is 0 Å². The minimum Gasteiger partial charge on any atom is -0.330 e. The zero-order valence-corrected chi connectivity index (χ0v) is 10.2. The molecule has 1 aliphatic rings. The predicted molar refractivity (Wildman–Crippen MR) is 65.0 cm³/mol. The van der Waals surface area contributed by atoms with Crippen LogP contribution in [0.2, 0.25) is 0 Å². The molecule has 1 aromatic heterocycles. The second-order valence-corrected chi connectivity index (χ2v) is 4.83. The third-order valence-electron chi connectivity index (χ3n) is 3.63. The molecule has 2 rings (SSSR count). The van der Waals surface area contributed by atoms with Crippen molar-refractivity contribution in [2.75, 3.05) is 6.54 Å². The van der Waals surface area contributed by atoms with E-state index in [1.54, 1.807) is 0 Å². The summed E-state index contributed by atoms with van der Waals surface area (Å²) >= 11 is 0. The molecule has 3 N–H and O–H groups in total. The molecule has 4 nitrogen and oxygen atoms in total. The third kappa shape index (κ3) is 2.44. The van der Waals surface area contributed by atoms with Gasteiger partial charge in [0.25, 0.3) is 0 Å². The zero-order chi connectivity index (χ0) is 11.5. The second kappa shape index (κ2) is 4.97. The molecular formula is C12H22N4. The molecule has 0 spiro atoms. The Balaban J connectivity index is 1.89. The lowest BCUT2D eigenvalue weighted by atomic mass is 10.0. The van der Waals surface area contributed by atoms with Crippen molar-refractivity contribution in [1.29, 1.82) is 0 Å². The molecule has 16 heavy (non-hydrogen) atoms. The Bertz CT molecular complexity index is 345. The summed E-state index contributed by atoms with van der Waals surface area (Å²) in [5, 5.41) is 7.97. The summed E-state index contributed by atoms with van der Waals surface area (Å²) in [7, 11) is 1.97. The molecule has 90 valence electrons. The van der Waals surface area contributed by atoms with Crippen molar-refractivity contribution in [3.8, 4) is 0 Å². The molecular weight excluding hydrogens is 200 g/mol. The van der Waals surface area contributed by atoms with Crippen molar-refractivity contribution < 1.29 is 0 Å². The van der Waals surface area contributed by atoms with Crippen molar-refractivity contribution >= 4 is 0 Å². The van der Waals surface area contributed by atoms with Crippen LogP contribution in [0.4, 0.5) is 0 Å². The zero-order valence-electron chi connectivity index (χ0n) is 10.2. The minimum absolute atomic E-state index is 0.601. The van der Waals surface area contributed by atoms with Crippen molar-refractivity contribution in [1.82, 2.24) is 15.1 Å². The fourth-order valence-electron chi connectivity index (χ4n) is 2.65. The van der Waals surface area contributed by atoms with E-state index >= 15 is 0 Å². The van der Waals surface area contributed by atoms with Gasteiger partial charge in [0.05, 0.1) is 5.69 Å². The van der Waals surface area contributed by atoms with Gasteiger partial charge in [-0.05, 0) is 32.2 Å². The van der Waals surface area contributed by atoms with Crippen LogP contribution < -0.4 is 11.1 Å². The molecule has 0 aromatic carbocycles. The highest BCUT2D eigenvalue weighted by Gasteiger charge is 2.25. The van der Waals surface area contributed by atoms with Gasteiger partial charge in [0.15, 0.2) is 0 Å². The summed E-state index contributed by atoms with van der Waals surface area (Å²) in [5.74, 6) is 0.664. The smallest absolute Gasteiger partial charge is 0.0638 e. The van der Waals surface area contributed by atoms with Crippen molar-refractivity contribution in [2.24, 2.45) is 18.7 Å². The van der Waals surface area contributed by atoms with E-state index in [2.05, 4.69) is 23.5 Å². The first-order valence-electron chi connectivity index (χ1n) is 6.13.